The van der Waals surface area contributed by atoms with Crippen molar-refractivity contribution in [2.45, 2.75) is 24.8 Å². The minimum Gasteiger partial charge on any atom is -0.478 e. The second-order valence-corrected chi connectivity index (χ2v) is 3.01. The van der Waals surface area contributed by atoms with E-state index in [-0.39, 0.29) is 6.08 Å². The molecule has 0 aromatic carbocycles. The molecular formula is C7H12O8. The zero-order chi connectivity index (χ0) is 12.4. The molecule has 0 bridgehead atoms. The zero-order valence-corrected chi connectivity index (χ0v) is 7.69. The molecule has 0 aliphatic rings. The number of rotatable bonds is 4. The SMILES string of the molecule is CC(=CC(O)(O)C(O)C(O)(O)O)C(=O)O. The highest BCUT2D eigenvalue weighted by atomic mass is 16.7. The van der Waals surface area contributed by atoms with Crippen LogP contribution in [0.25, 0.3) is 0 Å². The molecular weight excluding hydrogens is 212 g/mol. The Morgan fingerprint density at radius 2 is 1.60 bits per heavy atom. The van der Waals surface area contributed by atoms with Crippen molar-refractivity contribution in [3.63, 3.8) is 0 Å². The molecule has 1 atom stereocenters. The second-order valence-electron chi connectivity index (χ2n) is 3.01. The van der Waals surface area contributed by atoms with Crippen molar-refractivity contribution in [3.8, 4) is 0 Å². The quantitative estimate of drug-likeness (QED) is 0.193. The Labute approximate surface area is 84.0 Å². The smallest absolute Gasteiger partial charge is 0.331 e. The third-order valence-corrected chi connectivity index (χ3v) is 1.54. The summed E-state index contributed by atoms with van der Waals surface area (Å²) in [4.78, 5) is 10.3. The maximum Gasteiger partial charge on any atom is 0.331 e. The fourth-order valence-electron chi connectivity index (χ4n) is 0.744. The van der Waals surface area contributed by atoms with Crippen LogP contribution in [0.5, 0.6) is 0 Å². The molecule has 88 valence electrons. The molecule has 15 heavy (non-hydrogen) atoms. The fourth-order valence-corrected chi connectivity index (χ4v) is 0.744. The van der Waals surface area contributed by atoms with Gasteiger partial charge in [0.2, 0.25) is 5.79 Å². The lowest BCUT2D eigenvalue weighted by molar-refractivity contribution is -0.395. The van der Waals surface area contributed by atoms with Crippen molar-refractivity contribution in [2.24, 2.45) is 0 Å². The third-order valence-electron chi connectivity index (χ3n) is 1.54. The number of aliphatic carboxylic acids is 1. The molecule has 0 spiro atoms. The van der Waals surface area contributed by atoms with E-state index in [1.807, 2.05) is 0 Å². The molecule has 0 fully saturated rings. The van der Waals surface area contributed by atoms with Crippen molar-refractivity contribution >= 4 is 5.97 Å². The molecule has 8 nitrogen and oxygen atoms in total. The monoisotopic (exact) mass is 224 g/mol. The van der Waals surface area contributed by atoms with E-state index in [0.29, 0.717) is 0 Å². The minimum atomic E-state index is -3.77. The minimum absolute atomic E-state index is 0.247. The first-order valence-corrected chi connectivity index (χ1v) is 3.71. The van der Waals surface area contributed by atoms with Gasteiger partial charge < -0.3 is 35.7 Å². The van der Waals surface area contributed by atoms with Crippen LogP contribution in [0, 0.1) is 0 Å². The van der Waals surface area contributed by atoms with Gasteiger partial charge in [-0.2, -0.15) is 0 Å². The van der Waals surface area contributed by atoms with Crippen molar-refractivity contribution in [1.29, 1.82) is 0 Å². The van der Waals surface area contributed by atoms with Gasteiger partial charge in [0, 0.05) is 5.57 Å². The first kappa shape index (κ1) is 14.0. The van der Waals surface area contributed by atoms with Gasteiger partial charge in [0.25, 0.3) is 0 Å². The largest absolute Gasteiger partial charge is 0.478 e. The van der Waals surface area contributed by atoms with E-state index >= 15 is 0 Å². The summed E-state index contributed by atoms with van der Waals surface area (Å²) in [6.45, 7) is 0.976. The molecule has 7 N–H and O–H groups in total. The predicted molar refractivity (Wildman–Crippen MR) is 44.0 cm³/mol. The first-order valence-electron chi connectivity index (χ1n) is 3.71. The van der Waals surface area contributed by atoms with E-state index in [2.05, 4.69) is 0 Å². The van der Waals surface area contributed by atoms with Gasteiger partial charge in [0.15, 0.2) is 6.10 Å². The number of hydrogen-bond acceptors (Lipinski definition) is 7. The molecule has 0 aromatic heterocycles. The standard InChI is InChI=1S/C7H12O8/c1-3(4(8)9)2-6(11,12)5(10)7(13,14)15/h2,5,10-15H,1H3,(H,8,9). The van der Waals surface area contributed by atoms with Crippen LogP contribution in [-0.4, -0.2) is 59.6 Å². The average molecular weight is 224 g/mol. The fraction of sp³-hybridized carbons (Fsp3) is 0.571. The molecule has 0 aromatic rings. The Morgan fingerprint density at radius 3 is 1.87 bits per heavy atom. The van der Waals surface area contributed by atoms with E-state index in [9.17, 15) is 4.79 Å². The average Bonchev–Trinajstić information content (AvgIpc) is 2.00. The number of carboxylic acids is 1. The molecule has 0 radical (unpaired) electrons. The lowest BCUT2D eigenvalue weighted by atomic mass is 10.1. The molecule has 0 saturated heterocycles. The van der Waals surface area contributed by atoms with Gasteiger partial charge in [0.1, 0.15) is 0 Å². The summed E-state index contributed by atoms with van der Waals surface area (Å²) >= 11 is 0. The zero-order valence-electron chi connectivity index (χ0n) is 7.69. The Kier molecular flexibility index (Phi) is 3.94. The van der Waals surface area contributed by atoms with E-state index in [4.69, 9.17) is 35.7 Å². The lowest BCUT2D eigenvalue weighted by Gasteiger charge is -2.30. The normalized spacial score (nSPS) is 16.3. The number of hydrogen-bond donors (Lipinski definition) is 7. The first-order chi connectivity index (χ1) is 6.48. The van der Waals surface area contributed by atoms with Crippen molar-refractivity contribution in [1.82, 2.24) is 0 Å². The van der Waals surface area contributed by atoms with Crippen LogP contribution in [0.3, 0.4) is 0 Å². The second kappa shape index (κ2) is 4.23. The summed E-state index contributed by atoms with van der Waals surface area (Å²) in [5.74, 6) is -8.56. The Balaban J connectivity index is 5.00. The van der Waals surface area contributed by atoms with E-state index in [1.54, 1.807) is 0 Å². The van der Waals surface area contributed by atoms with Gasteiger partial charge in [-0.3, -0.25) is 0 Å². The molecule has 1 unspecified atom stereocenters. The molecule has 0 aliphatic heterocycles. The highest BCUT2D eigenvalue weighted by Crippen LogP contribution is 2.18. The van der Waals surface area contributed by atoms with Gasteiger partial charge in [-0.05, 0) is 13.0 Å². The van der Waals surface area contributed by atoms with Crippen LogP contribution < -0.4 is 0 Å². The summed E-state index contributed by atoms with van der Waals surface area (Å²) in [6, 6.07) is 0. The molecule has 0 saturated carbocycles. The van der Waals surface area contributed by atoms with Gasteiger partial charge in [-0.1, -0.05) is 0 Å². The van der Waals surface area contributed by atoms with Crippen LogP contribution in [0.15, 0.2) is 11.6 Å². The number of aliphatic hydroxyl groups excluding tert-OH is 1. The van der Waals surface area contributed by atoms with Crippen molar-refractivity contribution < 1.29 is 40.5 Å². The topological polar surface area (TPSA) is 159 Å². The summed E-state index contributed by atoms with van der Waals surface area (Å²) < 4.78 is 0. The van der Waals surface area contributed by atoms with Gasteiger partial charge in [-0.25, -0.2) is 4.79 Å². The van der Waals surface area contributed by atoms with Gasteiger partial charge >= 0.3 is 11.9 Å². The highest BCUT2D eigenvalue weighted by Gasteiger charge is 2.45. The van der Waals surface area contributed by atoms with Crippen LogP contribution >= 0.6 is 0 Å². The number of carboxylic acid groups (broad SMARTS) is 1. The van der Waals surface area contributed by atoms with Gasteiger partial charge in [0.05, 0.1) is 0 Å². The van der Waals surface area contributed by atoms with Crippen molar-refractivity contribution in [2.75, 3.05) is 0 Å². The van der Waals surface area contributed by atoms with Crippen LogP contribution in [0.4, 0.5) is 0 Å². The van der Waals surface area contributed by atoms with Crippen LogP contribution in [0.1, 0.15) is 6.92 Å². The van der Waals surface area contributed by atoms with E-state index in [0.717, 1.165) is 6.92 Å². The highest BCUT2D eigenvalue weighted by molar-refractivity contribution is 5.85. The van der Waals surface area contributed by atoms with E-state index in [1.165, 1.54) is 0 Å². The molecule has 8 heteroatoms. The predicted octanol–water partition coefficient (Wildman–Crippen LogP) is -3.31. The number of aliphatic hydroxyl groups is 6. The molecule has 0 amide bonds. The van der Waals surface area contributed by atoms with Crippen LogP contribution in [-0.2, 0) is 4.79 Å². The summed E-state index contributed by atoms with van der Waals surface area (Å²) in [5.41, 5.74) is -0.566. The maximum absolute atomic E-state index is 10.3. The third kappa shape index (κ3) is 3.91. The summed E-state index contributed by atoms with van der Waals surface area (Å²) in [7, 11) is 0. The lowest BCUT2D eigenvalue weighted by Crippen LogP contribution is -2.56. The van der Waals surface area contributed by atoms with Crippen LogP contribution in [0.2, 0.25) is 0 Å². The Morgan fingerprint density at radius 1 is 1.20 bits per heavy atom. The number of carbonyl (C=O) groups is 1. The Hall–Kier alpha value is -1.03. The Bertz CT molecular complexity index is 273. The summed E-state index contributed by atoms with van der Waals surface area (Å²) in [6.07, 6.45) is -2.56. The van der Waals surface area contributed by atoms with Gasteiger partial charge in [-0.15, -0.1) is 0 Å². The summed E-state index contributed by atoms with van der Waals surface area (Å²) in [5, 5.41) is 60.6. The maximum atomic E-state index is 10.3. The van der Waals surface area contributed by atoms with E-state index < -0.39 is 29.4 Å². The van der Waals surface area contributed by atoms with Crippen molar-refractivity contribution in [3.05, 3.63) is 11.6 Å². The molecule has 0 heterocycles. The molecule has 0 rings (SSSR count). The molecule has 0 aliphatic carbocycles.